The van der Waals surface area contributed by atoms with Crippen LogP contribution < -0.4 is 5.32 Å². The molecule has 2 aromatic rings. The summed E-state index contributed by atoms with van der Waals surface area (Å²) < 4.78 is 5.91. The fraction of sp³-hybridized carbons (Fsp3) is 0.412. The van der Waals surface area contributed by atoms with Crippen molar-refractivity contribution in [3.63, 3.8) is 0 Å². The third-order valence-electron chi connectivity index (χ3n) is 3.81. The van der Waals surface area contributed by atoms with Crippen LogP contribution in [-0.4, -0.2) is 21.5 Å². The predicted octanol–water partition coefficient (Wildman–Crippen LogP) is 3.61. The normalized spacial score (nSPS) is 21.5. The zero-order valence-corrected chi connectivity index (χ0v) is 13.9. The van der Waals surface area contributed by atoms with Crippen molar-refractivity contribution in [2.75, 3.05) is 6.54 Å². The van der Waals surface area contributed by atoms with Gasteiger partial charge in [0.1, 0.15) is 17.6 Å². The molecule has 1 saturated heterocycles. The third kappa shape index (κ3) is 2.86. The maximum absolute atomic E-state index is 5.91. The lowest BCUT2D eigenvalue weighted by molar-refractivity contribution is 0.249. The number of rotatable bonds is 4. The minimum Gasteiger partial charge on any atom is -0.464 e. The Morgan fingerprint density at radius 3 is 2.73 bits per heavy atom. The van der Waals surface area contributed by atoms with Crippen molar-refractivity contribution in [1.29, 1.82) is 0 Å². The number of pyridine rings is 1. The molecule has 0 radical (unpaired) electrons. The number of furan rings is 1. The van der Waals surface area contributed by atoms with Crippen molar-refractivity contribution >= 4 is 17.3 Å². The standard InChI is InChI=1S/C17H21N3OS/c1-11(2)10-20-16(14-8-7-12(3)21-14)15(19-17(20)22)13-6-4-5-9-18-13/h4-9,11,15-16H,10H2,1-3H3,(H,19,22). The Bertz CT molecular complexity index is 653. The number of nitrogens with one attached hydrogen (secondary N) is 1. The summed E-state index contributed by atoms with van der Waals surface area (Å²) in [6.45, 7) is 7.24. The van der Waals surface area contributed by atoms with Crippen LogP contribution >= 0.6 is 12.2 Å². The molecule has 2 unspecified atom stereocenters. The van der Waals surface area contributed by atoms with E-state index < -0.39 is 0 Å². The first-order valence-corrected chi connectivity index (χ1v) is 8.01. The average molecular weight is 315 g/mol. The predicted molar refractivity (Wildman–Crippen MR) is 90.4 cm³/mol. The Kier molecular flexibility index (Phi) is 4.16. The maximum atomic E-state index is 5.91. The highest BCUT2D eigenvalue weighted by Crippen LogP contribution is 2.39. The minimum absolute atomic E-state index is 0.0120. The highest BCUT2D eigenvalue weighted by atomic mass is 32.1. The molecule has 0 aromatic carbocycles. The van der Waals surface area contributed by atoms with E-state index in [0.717, 1.165) is 28.9 Å². The van der Waals surface area contributed by atoms with E-state index in [0.29, 0.717) is 5.92 Å². The van der Waals surface area contributed by atoms with Gasteiger partial charge < -0.3 is 14.6 Å². The maximum Gasteiger partial charge on any atom is 0.170 e. The first kappa shape index (κ1) is 15.0. The minimum atomic E-state index is 0.0120. The molecule has 0 saturated carbocycles. The topological polar surface area (TPSA) is 41.3 Å². The van der Waals surface area contributed by atoms with Gasteiger partial charge in [-0.15, -0.1) is 0 Å². The molecule has 1 aliphatic rings. The van der Waals surface area contributed by atoms with Crippen LogP contribution in [-0.2, 0) is 0 Å². The second kappa shape index (κ2) is 6.08. The number of aromatic nitrogens is 1. The zero-order chi connectivity index (χ0) is 15.7. The first-order chi connectivity index (χ1) is 10.6. The summed E-state index contributed by atoms with van der Waals surface area (Å²) in [6, 6.07) is 10.1. The van der Waals surface area contributed by atoms with Crippen LogP contribution in [0.2, 0.25) is 0 Å². The molecule has 22 heavy (non-hydrogen) atoms. The Labute approximate surface area is 136 Å². The van der Waals surface area contributed by atoms with Crippen LogP contribution in [0.5, 0.6) is 0 Å². The smallest absolute Gasteiger partial charge is 0.170 e. The van der Waals surface area contributed by atoms with E-state index in [-0.39, 0.29) is 12.1 Å². The van der Waals surface area contributed by atoms with Crippen molar-refractivity contribution in [2.45, 2.75) is 32.9 Å². The number of aryl methyl sites for hydroxylation is 1. The summed E-state index contributed by atoms with van der Waals surface area (Å²) in [5.41, 5.74) is 0.982. The van der Waals surface area contributed by atoms with Crippen LogP contribution in [0.25, 0.3) is 0 Å². The molecule has 0 amide bonds. The van der Waals surface area contributed by atoms with Gasteiger partial charge in [-0.25, -0.2) is 0 Å². The van der Waals surface area contributed by atoms with Gasteiger partial charge >= 0.3 is 0 Å². The van der Waals surface area contributed by atoms with E-state index in [9.17, 15) is 0 Å². The van der Waals surface area contributed by atoms with Crippen LogP contribution in [0.15, 0.2) is 40.9 Å². The van der Waals surface area contributed by atoms with Crippen molar-refractivity contribution in [1.82, 2.24) is 15.2 Å². The molecule has 1 fully saturated rings. The lowest BCUT2D eigenvalue weighted by Gasteiger charge is -2.27. The SMILES string of the molecule is Cc1ccc(C2C(c3ccccn3)NC(=S)N2CC(C)C)o1. The third-order valence-corrected chi connectivity index (χ3v) is 4.16. The summed E-state index contributed by atoms with van der Waals surface area (Å²) in [4.78, 5) is 6.72. The molecular weight excluding hydrogens is 294 g/mol. The van der Waals surface area contributed by atoms with Gasteiger partial charge in [0.25, 0.3) is 0 Å². The Balaban J connectivity index is 2.00. The van der Waals surface area contributed by atoms with E-state index >= 15 is 0 Å². The van der Waals surface area contributed by atoms with E-state index in [1.165, 1.54) is 0 Å². The van der Waals surface area contributed by atoms with Crippen molar-refractivity contribution in [3.8, 4) is 0 Å². The highest BCUT2D eigenvalue weighted by molar-refractivity contribution is 7.80. The highest BCUT2D eigenvalue weighted by Gasteiger charge is 2.41. The Morgan fingerprint density at radius 2 is 2.14 bits per heavy atom. The van der Waals surface area contributed by atoms with Crippen LogP contribution in [0, 0.1) is 12.8 Å². The van der Waals surface area contributed by atoms with E-state index in [4.69, 9.17) is 16.6 Å². The van der Waals surface area contributed by atoms with Gasteiger partial charge in [0.15, 0.2) is 5.11 Å². The van der Waals surface area contributed by atoms with E-state index in [1.807, 2.05) is 43.5 Å². The zero-order valence-electron chi connectivity index (χ0n) is 13.1. The Hall–Kier alpha value is -1.88. The summed E-state index contributed by atoms with van der Waals surface area (Å²) in [6.07, 6.45) is 1.82. The van der Waals surface area contributed by atoms with Crippen molar-refractivity contribution in [3.05, 3.63) is 53.7 Å². The number of thiocarbonyl (C=S) groups is 1. The van der Waals surface area contributed by atoms with Gasteiger partial charge in [-0.05, 0) is 49.3 Å². The molecule has 4 nitrogen and oxygen atoms in total. The van der Waals surface area contributed by atoms with Crippen LogP contribution in [0.3, 0.4) is 0 Å². The number of hydrogen-bond donors (Lipinski definition) is 1. The molecule has 0 aliphatic carbocycles. The molecule has 5 heteroatoms. The second-order valence-electron chi connectivity index (χ2n) is 6.12. The van der Waals surface area contributed by atoms with Crippen molar-refractivity contribution in [2.24, 2.45) is 5.92 Å². The van der Waals surface area contributed by atoms with Crippen LogP contribution in [0.4, 0.5) is 0 Å². The van der Waals surface area contributed by atoms with Crippen molar-refractivity contribution < 1.29 is 4.42 Å². The molecule has 1 N–H and O–H groups in total. The summed E-state index contributed by atoms with van der Waals surface area (Å²) >= 11 is 5.57. The molecule has 1 aliphatic heterocycles. The summed E-state index contributed by atoms with van der Waals surface area (Å²) in [5.74, 6) is 2.36. The first-order valence-electron chi connectivity index (χ1n) is 7.60. The second-order valence-corrected chi connectivity index (χ2v) is 6.51. The van der Waals surface area contributed by atoms with Gasteiger partial charge in [0.05, 0.1) is 11.7 Å². The quantitative estimate of drug-likeness (QED) is 0.873. The molecular formula is C17H21N3OS. The monoisotopic (exact) mass is 315 g/mol. The lowest BCUT2D eigenvalue weighted by atomic mass is 10.0. The van der Waals surface area contributed by atoms with E-state index in [2.05, 4.69) is 29.0 Å². The molecule has 116 valence electrons. The van der Waals surface area contributed by atoms with Gasteiger partial charge in [-0.3, -0.25) is 4.98 Å². The molecule has 2 aromatic heterocycles. The molecule has 2 atom stereocenters. The fourth-order valence-electron chi connectivity index (χ4n) is 2.92. The lowest BCUT2D eigenvalue weighted by Crippen LogP contribution is -2.32. The van der Waals surface area contributed by atoms with Gasteiger partial charge in [0.2, 0.25) is 0 Å². The molecule has 3 heterocycles. The largest absolute Gasteiger partial charge is 0.464 e. The fourth-order valence-corrected chi connectivity index (χ4v) is 3.23. The molecule has 0 bridgehead atoms. The molecule has 3 rings (SSSR count). The van der Waals surface area contributed by atoms with Crippen LogP contribution in [0.1, 0.15) is 43.1 Å². The molecule has 0 spiro atoms. The average Bonchev–Trinajstić information content (AvgIpc) is 3.04. The number of hydrogen-bond acceptors (Lipinski definition) is 3. The summed E-state index contributed by atoms with van der Waals surface area (Å²) in [7, 11) is 0. The van der Waals surface area contributed by atoms with Gasteiger partial charge in [0, 0.05) is 12.7 Å². The van der Waals surface area contributed by atoms with Gasteiger partial charge in [-0.2, -0.15) is 0 Å². The summed E-state index contributed by atoms with van der Waals surface area (Å²) in [5, 5.41) is 4.19. The van der Waals surface area contributed by atoms with E-state index in [1.54, 1.807) is 0 Å². The van der Waals surface area contributed by atoms with Gasteiger partial charge in [-0.1, -0.05) is 19.9 Å². The Morgan fingerprint density at radius 1 is 1.32 bits per heavy atom. The number of nitrogens with zero attached hydrogens (tertiary/aromatic N) is 2.